The number of aliphatic hydroxyl groups is 2. The number of unbranched alkanes of at least 4 members (excludes halogenated alkanes) is 1. The first-order chi connectivity index (χ1) is 6.77. The third-order valence-corrected chi connectivity index (χ3v) is 1.07. The summed E-state index contributed by atoms with van der Waals surface area (Å²) >= 11 is 0. The van der Waals surface area contributed by atoms with Crippen LogP contribution >= 0.6 is 0 Å². The second-order valence-electron chi connectivity index (χ2n) is 2.34. The van der Waals surface area contributed by atoms with Crippen molar-refractivity contribution < 1.29 is 10.2 Å². The summed E-state index contributed by atoms with van der Waals surface area (Å²) in [6.07, 6.45) is 2.90. The molecule has 0 amide bonds. The number of hydrogen-bond acceptors (Lipinski definition) is 2. The molecule has 0 aromatic rings. The van der Waals surface area contributed by atoms with Crippen molar-refractivity contribution in [3.8, 4) is 35.5 Å². The summed E-state index contributed by atoms with van der Waals surface area (Å²) in [4.78, 5) is 0. The molecule has 0 aliphatic rings. The smallest absolute Gasteiger partial charge is 0.172 e. The van der Waals surface area contributed by atoms with Gasteiger partial charge in [0.15, 0.2) is 6.29 Å². The summed E-state index contributed by atoms with van der Waals surface area (Å²) in [6, 6.07) is 0. The summed E-state index contributed by atoms with van der Waals surface area (Å²) in [7, 11) is 0. The molecule has 0 bridgehead atoms. The van der Waals surface area contributed by atoms with Gasteiger partial charge in [0.25, 0.3) is 0 Å². The Hall–Kier alpha value is -1.66. The zero-order chi connectivity index (χ0) is 10.6. The van der Waals surface area contributed by atoms with Gasteiger partial charge in [0.1, 0.15) is 0 Å². The third kappa shape index (κ3) is 10.3. The van der Waals surface area contributed by atoms with E-state index in [1.165, 1.54) is 6.08 Å². The maximum atomic E-state index is 8.39. The van der Waals surface area contributed by atoms with Gasteiger partial charge < -0.3 is 10.2 Å². The summed E-state index contributed by atoms with van der Waals surface area (Å²) in [5.74, 6) is 15.6. The zero-order valence-electron chi connectivity index (χ0n) is 8.04. The van der Waals surface area contributed by atoms with Crippen molar-refractivity contribution in [2.24, 2.45) is 0 Å². The minimum absolute atomic E-state index is 0.846. The van der Waals surface area contributed by atoms with Crippen molar-refractivity contribution in [3.63, 3.8) is 0 Å². The normalized spacial score (nSPS) is 8.29. The molecule has 0 aliphatic carbocycles. The lowest BCUT2D eigenvalue weighted by Gasteiger charge is -1.86. The van der Waals surface area contributed by atoms with Crippen LogP contribution in [0.1, 0.15) is 19.8 Å². The van der Waals surface area contributed by atoms with Crippen molar-refractivity contribution in [2.45, 2.75) is 26.1 Å². The van der Waals surface area contributed by atoms with E-state index in [0.717, 1.165) is 18.9 Å². The largest absolute Gasteiger partial charge is 0.365 e. The summed E-state index contributed by atoms with van der Waals surface area (Å²) in [6.45, 7) is 2.05. The lowest BCUT2D eigenvalue weighted by molar-refractivity contribution is 0.00242. The van der Waals surface area contributed by atoms with E-state index < -0.39 is 6.29 Å². The van der Waals surface area contributed by atoms with Gasteiger partial charge in [-0.15, -0.1) is 0 Å². The van der Waals surface area contributed by atoms with E-state index in [2.05, 4.69) is 35.5 Å². The predicted molar refractivity (Wildman–Crippen MR) is 55.6 cm³/mol. The fraction of sp³-hybridized carbons (Fsp3) is 0.333. The van der Waals surface area contributed by atoms with Crippen LogP contribution < -0.4 is 0 Å². The quantitative estimate of drug-likeness (QED) is 0.494. The Morgan fingerprint density at radius 2 is 1.86 bits per heavy atom. The zero-order valence-corrected chi connectivity index (χ0v) is 8.04. The van der Waals surface area contributed by atoms with Gasteiger partial charge in [-0.3, -0.25) is 0 Å². The molecule has 0 fully saturated rings. The maximum Gasteiger partial charge on any atom is 0.172 e. The SMILES string of the molecule is CCCC#CC#CC#C/C=C/C(O)O. The van der Waals surface area contributed by atoms with Gasteiger partial charge >= 0.3 is 0 Å². The lowest BCUT2D eigenvalue weighted by atomic mass is 10.3. The van der Waals surface area contributed by atoms with Crippen LogP contribution in [0.4, 0.5) is 0 Å². The summed E-state index contributed by atoms with van der Waals surface area (Å²) < 4.78 is 0. The Morgan fingerprint density at radius 1 is 1.14 bits per heavy atom. The Bertz CT molecular complexity index is 345. The molecule has 0 aromatic heterocycles. The summed E-state index contributed by atoms with van der Waals surface area (Å²) in [5.41, 5.74) is 0. The highest BCUT2D eigenvalue weighted by Crippen LogP contribution is 1.79. The highest BCUT2D eigenvalue weighted by atomic mass is 16.5. The fourth-order valence-electron chi connectivity index (χ4n) is 0.506. The van der Waals surface area contributed by atoms with Gasteiger partial charge in [0.05, 0.1) is 0 Å². The van der Waals surface area contributed by atoms with Gasteiger partial charge in [0.2, 0.25) is 0 Å². The molecular formula is C12H12O2. The number of hydrogen-bond donors (Lipinski definition) is 2. The van der Waals surface area contributed by atoms with Gasteiger partial charge in [-0.05, 0) is 42.3 Å². The van der Waals surface area contributed by atoms with Gasteiger partial charge in [-0.25, -0.2) is 0 Å². The first-order valence-corrected chi connectivity index (χ1v) is 4.28. The molecule has 2 nitrogen and oxygen atoms in total. The van der Waals surface area contributed by atoms with Crippen LogP contribution in [-0.4, -0.2) is 16.5 Å². The Labute approximate surface area is 84.7 Å². The fourth-order valence-corrected chi connectivity index (χ4v) is 0.506. The molecule has 2 N–H and O–H groups in total. The van der Waals surface area contributed by atoms with Crippen molar-refractivity contribution >= 4 is 0 Å². The first-order valence-electron chi connectivity index (χ1n) is 4.28. The second kappa shape index (κ2) is 9.43. The van der Waals surface area contributed by atoms with E-state index in [9.17, 15) is 0 Å². The monoisotopic (exact) mass is 188 g/mol. The number of aliphatic hydroxyl groups excluding tert-OH is 1. The molecule has 2 heteroatoms. The van der Waals surface area contributed by atoms with E-state index in [4.69, 9.17) is 10.2 Å². The van der Waals surface area contributed by atoms with Crippen LogP contribution in [0.25, 0.3) is 0 Å². The molecule has 0 aliphatic heterocycles. The van der Waals surface area contributed by atoms with Crippen molar-refractivity contribution in [1.82, 2.24) is 0 Å². The molecule has 0 radical (unpaired) electrons. The number of rotatable bonds is 2. The molecule has 0 aromatic carbocycles. The summed E-state index contributed by atoms with van der Waals surface area (Å²) in [5, 5.41) is 16.8. The average Bonchev–Trinajstić information content (AvgIpc) is 2.15. The lowest BCUT2D eigenvalue weighted by Crippen LogP contribution is -1.96. The molecule has 14 heavy (non-hydrogen) atoms. The van der Waals surface area contributed by atoms with Crippen LogP contribution in [0, 0.1) is 35.5 Å². The molecule has 0 unspecified atom stereocenters. The van der Waals surface area contributed by atoms with Gasteiger partial charge in [0, 0.05) is 6.42 Å². The average molecular weight is 188 g/mol. The van der Waals surface area contributed by atoms with Crippen LogP contribution in [0.5, 0.6) is 0 Å². The van der Waals surface area contributed by atoms with E-state index >= 15 is 0 Å². The van der Waals surface area contributed by atoms with E-state index in [0.29, 0.717) is 0 Å². The van der Waals surface area contributed by atoms with Gasteiger partial charge in [-0.1, -0.05) is 18.8 Å². The first kappa shape index (κ1) is 12.3. The molecule has 0 heterocycles. The van der Waals surface area contributed by atoms with Crippen LogP contribution in [0.15, 0.2) is 12.2 Å². The predicted octanol–water partition coefficient (Wildman–Crippen LogP) is 0.664. The van der Waals surface area contributed by atoms with E-state index in [-0.39, 0.29) is 0 Å². The Balaban J connectivity index is 3.87. The second-order valence-corrected chi connectivity index (χ2v) is 2.34. The maximum absolute atomic E-state index is 8.39. The molecular weight excluding hydrogens is 176 g/mol. The van der Waals surface area contributed by atoms with Gasteiger partial charge in [-0.2, -0.15) is 0 Å². The molecule has 72 valence electrons. The van der Waals surface area contributed by atoms with Crippen LogP contribution in [0.3, 0.4) is 0 Å². The topological polar surface area (TPSA) is 40.5 Å². The van der Waals surface area contributed by atoms with E-state index in [1.54, 1.807) is 0 Å². The van der Waals surface area contributed by atoms with Crippen LogP contribution in [0.2, 0.25) is 0 Å². The minimum atomic E-state index is -1.46. The number of allylic oxidation sites excluding steroid dienone is 1. The Kier molecular flexibility index (Phi) is 8.31. The highest BCUT2D eigenvalue weighted by molar-refractivity contribution is 5.37. The van der Waals surface area contributed by atoms with Crippen molar-refractivity contribution in [3.05, 3.63) is 12.2 Å². The van der Waals surface area contributed by atoms with Crippen molar-refractivity contribution in [1.29, 1.82) is 0 Å². The van der Waals surface area contributed by atoms with Crippen molar-refractivity contribution in [2.75, 3.05) is 0 Å². The third-order valence-electron chi connectivity index (χ3n) is 1.07. The van der Waals surface area contributed by atoms with Crippen LogP contribution in [-0.2, 0) is 0 Å². The minimum Gasteiger partial charge on any atom is -0.365 e. The van der Waals surface area contributed by atoms with E-state index in [1.807, 2.05) is 6.92 Å². The molecule has 0 spiro atoms. The Morgan fingerprint density at radius 3 is 2.50 bits per heavy atom. The standard InChI is InChI=1S/C12H12O2/c1-2-3-4-5-6-7-8-9-10-11-12(13)14/h10-14H,2-3H2,1H3/b11-10+. The molecule has 0 saturated heterocycles. The molecule has 0 rings (SSSR count). The molecule has 0 saturated carbocycles. The highest BCUT2D eigenvalue weighted by Gasteiger charge is 1.81. The molecule has 0 atom stereocenters.